The summed E-state index contributed by atoms with van der Waals surface area (Å²) in [6.45, 7) is 5.39. The van der Waals surface area contributed by atoms with Crippen molar-refractivity contribution >= 4 is 23.2 Å². The predicted molar refractivity (Wildman–Crippen MR) is 107 cm³/mol. The van der Waals surface area contributed by atoms with Crippen LogP contribution in [0.1, 0.15) is 28.8 Å². The molecule has 1 N–H and O–H groups in total. The van der Waals surface area contributed by atoms with Gasteiger partial charge in [0.2, 0.25) is 5.91 Å². The number of benzene rings is 1. The molecule has 0 atom stereocenters. The van der Waals surface area contributed by atoms with E-state index in [2.05, 4.69) is 5.32 Å². The zero-order chi connectivity index (χ0) is 19.2. The molecule has 5 nitrogen and oxygen atoms in total. The molecule has 2 amide bonds. The Morgan fingerprint density at radius 2 is 1.96 bits per heavy atom. The number of carbonyl (C=O) groups is 2. The van der Waals surface area contributed by atoms with E-state index >= 15 is 0 Å². The Kier molecular flexibility index (Phi) is 6.50. The van der Waals surface area contributed by atoms with Crippen molar-refractivity contribution in [1.29, 1.82) is 0 Å². The Morgan fingerprint density at radius 1 is 1.19 bits per heavy atom. The highest BCUT2D eigenvalue weighted by molar-refractivity contribution is 7.10. The first-order valence-corrected chi connectivity index (χ1v) is 10.2. The summed E-state index contributed by atoms with van der Waals surface area (Å²) in [5.74, 6) is 0.818. The minimum atomic E-state index is -0.000678. The molecule has 0 bridgehead atoms. The van der Waals surface area contributed by atoms with Gasteiger partial charge in [-0.2, -0.15) is 0 Å². The molecule has 1 aromatic carbocycles. The van der Waals surface area contributed by atoms with Crippen LogP contribution in [0.2, 0.25) is 0 Å². The van der Waals surface area contributed by atoms with Crippen molar-refractivity contribution in [2.75, 3.05) is 19.7 Å². The molecule has 144 valence electrons. The standard InChI is InChI=1S/C21H26N2O3S/c1-15-5-3-7-19(16(15)2)26-14-21(25)23-10-8-17(9-11-23)22-20(24)13-18-6-4-12-27-18/h3-7,12,17H,8-11,13-14H2,1-2H3,(H,22,24). The van der Waals surface area contributed by atoms with Gasteiger partial charge in [0.15, 0.2) is 6.61 Å². The van der Waals surface area contributed by atoms with Gasteiger partial charge in [0.1, 0.15) is 5.75 Å². The second kappa shape index (κ2) is 9.04. The lowest BCUT2D eigenvalue weighted by Gasteiger charge is -2.32. The van der Waals surface area contributed by atoms with Crippen LogP contribution < -0.4 is 10.1 Å². The summed E-state index contributed by atoms with van der Waals surface area (Å²) in [5.41, 5.74) is 2.22. The van der Waals surface area contributed by atoms with Crippen molar-refractivity contribution < 1.29 is 14.3 Å². The molecule has 1 aromatic heterocycles. The van der Waals surface area contributed by atoms with Gasteiger partial charge >= 0.3 is 0 Å². The summed E-state index contributed by atoms with van der Waals surface area (Å²) >= 11 is 1.60. The monoisotopic (exact) mass is 386 g/mol. The molecule has 1 aliphatic rings. The Balaban J connectivity index is 1.41. The van der Waals surface area contributed by atoms with Crippen molar-refractivity contribution in [3.05, 3.63) is 51.7 Å². The lowest BCUT2D eigenvalue weighted by atomic mass is 10.0. The molecular formula is C21H26N2O3S. The van der Waals surface area contributed by atoms with E-state index in [4.69, 9.17) is 4.74 Å². The normalized spacial score (nSPS) is 14.8. The molecule has 1 aliphatic heterocycles. The SMILES string of the molecule is Cc1cccc(OCC(=O)N2CCC(NC(=O)Cc3cccs3)CC2)c1C. The van der Waals surface area contributed by atoms with Crippen molar-refractivity contribution in [3.8, 4) is 5.75 Å². The number of aryl methyl sites for hydroxylation is 1. The zero-order valence-electron chi connectivity index (χ0n) is 15.9. The highest BCUT2D eigenvalue weighted by Crippen LogP contribution is 2.21. The topological polar surface area (TPSA) is 58.6 Å². The van der Waals surface area contributed by atoms with Crippen LogP contribution in [0, 0.1) is 13.8 Å². The number of likely N-dealkylation sites (tertiary alicyclic amines) is 1. The number of thiophene rings is 1. The van der Waals surface area contributed by atoms with Crippen LogP contribution in [-0.4, -0.2) is 42.5 Å². The van der Waals surface area contributed by atoms with Gasteiger partial charge in [-0.3, -0.25) is 9.59 Å². The fourth-order valence-corrected chi connectivity index (χ4v) is 3.94. The molecule has 0 aliphatic carbocycles. The maximum absolute atomic E-state index is 12.4. The van der Waals surface area contributed by atoms with E-state index in [0.29, 0.717) is 19.5 Å². The molecule has 1 saturated heterocycles. The predicted octanol–water partition coefficient (Wildman–Crippen LogP) is 3.09. The lowest BCUT2D eigenvalue weighted by Crippen LogP contribution is -2.47. The van der Waals surface area contributed by atoms with E-state index in [1.54, 1.807) is 11.3 Å². The third-order valence-corrected chi connectivity index (χ3v) is 5.91. The zero-order valence-corrected chi connectivity index (χ0v) is 16.7. The molecule has 0 unspecified atom stereocenters. The summed E-state index contributed by atoms with van der Waals surface area (Å²) in [5, 5.41) is 5.07. The number of ether oxygens (including phenoxy) is 1. The van der Waals surface area contributed by atoms with Gasteiger partial charge < -0.3 is 15.0 Å². The molecular weight excluding hydrogens is 360 g/mol. The van der Waals surface area contributed by atoms with Gasteiger partial charge in [0.05, 0.1) is 6.42 Å². The summed E-state index contributed by atoms with van der Waals surface area (Å²) < 4.78 is 5.72. The molecule has 27 heavy (non-hydrogen) atoms. The number of hydrogen-bond acceptors (Lipinski definition) is 4. The van der Waals surface area contributed by atoms with Gasteiger partial charge in [0, 0.05) is 24.0 Å². The molecule has 1 fully saturated rings. The molecule has 2 aromatic rings. The second-order valence-corrected chi connectivity index (χ2v) is 8.00. The average molecular weight is 387 g/mol. The van der Waals surface area contributed by atoms with Crippen LogP contribution in [0.15, 0.2) is 35.7 Å². The minimum absolute atomic E-state index is 0.000678. The number of nitrogens with zero attached hydrogens (tertiary/aromatic N) is 1. The Labute approximate surface area is 164 Å². The van der Waals surface area contributed by atoms with Crippen LogP contribution in [0.25, 0.3) is 0 Å². The molecule has 3 rings (SSSR count). The fourth-order valence-electron chi connectivity index (χ4n) is 3.23. The number of amides is 2. The van der Waals surface area contributed by atoms with Crippen LogP contribution in [0.3, 0.4) is 0 Å². The van der Waals surface area contributed by atoms with E-state index in [0.717, 1.165) is 34.6 Å². The highest BCUT2D eigenvalue weighted by atomic mass is 32.1. The Hall–Kier alpha value is -2.34. The van der Waals surface area contributed by atoms with Crippen LogP contribution >= 0.6 is 11.3 Å². The first-order valence-electron chi connectivity index (χ1n) is 9.31. The molecule has 2 heterocycles. The van der Waals surface area contributed by atoms with E-state index < -0.39 is 0 Å². The smallest absolute Gasteiger partial charge is 0.260 e. The summed E-state index contributed by atoms with van der Waals surface area (Å²) in [6, 6.07) is 9.93. The Bertz CT molecular complexity index is 781. The van der Waals surface area contributed by atoms with E-state index in [1.165, 1.54) is 0 Å². The van der Waals surface area contributed by atoms with Crippen LogP contribution in [0.4, 0.5) is 0 Å². The molecule has 0 spiro atoms. The largest absolute Gasteiger partial charge is 0.483 e. The van der Waals surface area contributed by atoms with E-state index in [1.807, 2.05) is 54.5 Å². The third kappa shape index (κ3) is 5.32. The van der Waals surface area contributed by atoms with Gasteiger partial charge in [-0.05, 0) is 55.3 Å². The quantitative estimate of drug-likeness (QED) is 0.830. The highest BCUT2D eigenvalue weighted by Gasteiger charge is 2.24. The van der Waals surface area contributed by atoms with Crippen molar-refractivity contribution in [2.45, 2.75) is 39.2 Å². The molecule has 0 saturated carbocycles. The summed E-state index contributed by atoms with van der Waals surface area (Å²) in [7, 11) is 0. The first-order chi connectivity index (χ1) is 13.0. The summed E-state index contributed by atoms with van der Waals surface area (Å²) in [4.78, 5) is 27.4. The maximum atomic E-state index is 12.4. The Morgan fingerprint density at radius 3 is 2.67 bits per heavy atom. The number of nitrogens with one attached hydrogen (secondary N) is 1. The second-order valence-electron chi connectivity index (χ2n) is 6.97. The molecule has 6 heteroatoms. The maximum Gasteiger partial charge on any atom is 0.260 e. The number of carbonyl (C=O) groups excluding carboxylic acids is 2. The first kappa shape index (κ1) is 19.4. The van der Waals surface area contributed by atoms with Gasteiger partial charge in [-0.1, -0.05) is 18.2 Å². The number of hydrogen-bond donors (Lipinski definition) is 1. The molecule has 0 radical (unpaired) electrons. The van der Waals surface area contributed by atoms with Crippen LogP contribution in [0.5, 0.6) is 5.75 Å². The van der Waals surface area contributed by atoms with E-state index in [9.17, 15) is 9.59 Å². The minimum Gasteiger partial charge on any atom is -0.483 e. The third-order valence-electron chi connectivity index (χ3n) is 5.03. The number of piperidine rings is 1. The van der Waals surface area contributed by atoms with E-state index in [-0.39, 0.29) is 24.5 Å². The van der Waals surface area contributed by atoms with Crippen molar-refractivity contribution in [1.82, 2.24) is 10.2 Å². The van der Waals surface area contributed by atoms with Crippen molar-refractivity contribution in [3.63, 3.8) is 0 Å². The summed E-state index contributed by atoms with van der Waals surface area (Å²) in [6.07, 6.45) is 2.00. The van der Waals surface area contributed by atoms with Gasteiger partial charge in [-0.25, -0.2) is 0 Å². The fraction of sp³-hybridized carbons (Fsp3) is 0.429. The number of rotatable bonds is 6. The van der Waals surface area contributed by atoms with Gasteiger partial charge in [-0.15, -0.1) is 11.3 Å². The van der Waals surface area contributed by atoms with Crippen molar-refractivity contribution in [2.24, 2.45) is 0 Å². The van der Waals surface area contributed by atoms with Crippen LogP contribution in [-0.2, 0) is 16.0 Å². The van der Waals surface area contributed by atoms with Gasteiger partial charge in [0.25, 0.3) is 5.91 Å². The average Bonchev–Trinajstić information content (AvgIpc) is 3.16. The lowest BCUT2D eigenvalue weighted by molar-refractivity contribution is -0.134.